The minimum atomic E-state index is -4.38. The van der Waals surface area contributed by atoms with Gasteiger partial charge in [-0.2, -0.15) is 13.2 Å². The van der Waals surface area contributed by atoms with Crippen molar-refractivity contribution in [2.75, 3.05) is 5.32 Å². The van der Waals surface area contributed by atoms with Crippen LogP contribution >= 0.6 is 11.8 Å². The molecule has 114 valence electrons. The number of alkyl halides is 3. The fraction of sp³-hybridized carbons (Fsp3) is 0.133. The third-order valence-electron chi connectivity index (χ3n) is 3.08. The van der Waals surface area contributed by atoms with Crippen molar-refractivity contribution in [3.63, 3.8) is 0 Å². The number of amides is 1. The zero-order valence-electron chi connectivity index (χ0n) is 11.1. The van der Waals surface area contributed by atoms with Crippen molar-refractivity contribution in [2.24, 2.45) is 0 Å². The predicted octanol–water partition coefficient (Wildman–Crippen LogP) is 4.44. The summed E-state index contributed by atoms with van der Waals surface area (Å²) in [6.45, 7) is 0.183. The number of rotatable bonds is 1. The average molecular weight is 325 g/mol. The van der Waals surface area contributed by atoms with Crippen LogP contribution in [0.1, 0.15) is 15.9 Å². The van der Waals surface area contributed by atoms with E-state index in [4.69, 9.17) is 4.74 Å². The van der Waals surface area contributed by atoms with Crippen LogP contribution in [0.2, 0.25) is 0 Å². The molecule has 1 amide bonds. The molecule has 2 aromatic rings. The van der Waals surface area contributed by atoms with E-state index in [1.807, 2.05) is 0 Å². The van der Waals surface area contributed by atoms with Crippen LogP contribution in [0.5, 0.6) is 5.75 Å². The quantitative estimate of drug-likeness (QED) is 0.788. The van der Waals surface area contributed by atoms with Crippen LogP contribution < -0.4 is 10.1 Å². The first kappa shape index (κ1) is 14.8. The maximum atomic E-state index is 12.4. The number of benzene rings is 2. The van der Waals surface area contributed by atoms with Gasteiger partial charge in [-0.3, -0.25) is 4.79 Å². The molecule has 0 atom stereocenters. The third kappa shape index (κ3) is 3.19. The van der Waals surface area contributed by atoms with E-state index in [1.165, 1.54) is 18.2 Å². The largest absolute Gasteiger partial charge is 0.487 e. The molecule has 0 radical (unpaired) electrons. The fourth-order valence-corrected chi connectivity index (χ4v) is 2.72. The van der Waals surface area contributed by atoms with Crippen LogP contribution in [0.4, 0.5) is 18.9 Å². The van der Waals surface area contributed by atoms with Crippen molar-refractivity contribution < 1.29 is 22.7 Å². The Hall–Kier alpha value is -2.15. The summed E-state index contributed by atoms with van der Waals surface area (Å²) < 4.78 is 42.9. The maximum Gasteiger partial charge on any atom is 0.446 e. The molecule has 2 aromatic carbocycles. The Kier molecular flexibility index (Phi) is 3.74. The number of anilines is 1. The zero-order valence-corrected chi connectivity index (χ0v) is 11.9. The molecule has 1 N–H and O–H groups in total. The molecule has 1 aliphatic heterocycles. The lowest BCUT2D eigenvalue weighted by Crippen LogP contribution is -2.18. The number of hydrogen-bond acceptors (Lipinski definition) is 3. The first-order valence-electron chi connectivity index (χ1n) is 6.34. The van der Waals surface area contributed by atoms with Gasteiger partial charge in [0.25, 0.3) is 5.91 Å². The lowest BCUT2D eigenvalue weighted by molar-refractivity contribution is -0.0328. The predicted molar refractivity (Wildman–Crippen MR) is 77.1 cm³/mol. The van der Waals surface area contributed by atoms with Crippen LogP contribution in [-0.2, 0) is 6.61 Å². The van der Waals surface area contributed by atoms with Crippen molar-refractivity contribution in [2.45, 2.75) is 17.0 Å². The molecular weight excluding hydrogens is 315 g/mol. The molecule has 3 nitrogen and oxygen atoms in total. The number of fused-ring (bicyclic) bond motifs is 2. The lowest BCUT2D eigenvalue weighted by Gasteiger charge is -2.19. The first-order chi connectivity index (χ1) is 10.4. The normalized spacial score (nSPS) is 14.0. The van der Waals surface area contributed by atoms with Crippen LogP contribution in [-0.4, -0.2) is 11.4 Å². The molecule has 3 rings (SSSR count). The molecule has 1 aliphatic rings. The number of thioether (sulfide) groups is 1. The highest BCUT2D eigenvalue weighted by Crippen LogP contribution is 2.40. The summed E-state index contributed by atoms with van der Waals surface area (Å²) >= 11 is -0.234. The van der Waals surface area contributed by atoms with E-state index >= 15 is 0 Å². The molecule has 7 heteroatoms. The molecule has 0 bridgehead atoms. The Labute approximate surface area is 128 Å². The van der Waals surface area contributed by atoms with Crippen LogP contribution in [0, 0.1) is 0 Å². The highest BCUT2D eigenvalue weighted by Gasteiger charge is 2.30. The summed E-state index contributed by atoms with van der Waals surface area (Å²) in [4.78, 5) is 12.2. The summed E-state index contributed by atoms with van der Waals surface area (Å²) in [7, 11) is 0. The Morgan fingerprint density at radius 2 is 1.91 bits per heavy atom. The van der Waals surface area contributed by atoms with Crippen LogP contribution in [0.25, 0.3) is 0 Å². The van der Waals surface area contributed by atoms with E-state index in [1.54, 1.807) is 24.3 Å². The second-order valence-corrected chi connectivity index (χ2v) is 5.74. The number of carbonyl (C=O) groups is 1. The molecule has 0 saturated heterocycles. The number of hydrogen-bond donors (Lipinski definition) is 1. The molecule has 0 saturated carbocycles. The summed E-state index contributed by atoms with van der Waals surface area (Å²) in [6.07, 6.45) is 0. The van der Waals surface area contributed by atoms with Gasteiger partial charge >= 0.3 is 5.51 Å². The van der Waals surface area contributed by atoms with Crippen molar-refractivity contribution in [3.8, 4) is 5.75 Å². The summed E-state index contributed by atoms with van der Waals surface area (Å²) in [5, 5.41) is 2.60. The van der Waals surface area contributed by atoms with Crippen molar-refractivity contribution in [3.05, 3.63) is 53.6 Å². The van der Waals surface area contributed by atoms with E-state index < -0.39 is 5.51 Å². The topological polar surface area (TPSA) is 38.3 Å². The smallest absolute Gasteiger partial charge is 0.446 e. The monoisotopic (exact) mass is 325 g/mol. The van der Waals surface area contributed by atoms with Gasteiger partial charge < -0.3 is 10.1 Å². The highest BCUT2D eigenvalue weighted by molar-refractivity contribution is 8.00. The minimum absolute atomic E-state index is 0.0102. The lowest BCUT2D eigenvalue weighted by atomic mass is 10.1. The maximum absolute atomic E-state index is 12.4. The van der Waals surface area contributed by atoms with E-state index in [9.17, 15) is 18.0 Å². The molecule has 0 fully saturated rings. The Morgan fingerprint density at radius 3 is 2.68 bits per heavy atom. The van der Waals surface area contributed by atoms with E-state index in [2.05, 4.69) is 5.32 Å². The number of carbonyl (C=O) groups excluding carboxylic acids is 1. The molecule has 1 heterocycles. The summed E-state index contributed by atoms with van der Waals surface area (Å²) in [5.74, 6) is -0.0244. The standard InChI is InChI=1S/C15H10F3NO2S/c16-15(17,18)22-10-5-6-13-12(7-10)19-14(20)11-4-2-1-3-9(11)8-21-13/h1-7H,8H2,(H,19,20). The van der Waals surface area contributed by atoms with Crippen molar-refractivity contribution >= 4 is 23.4 Å². The number of halogens is 3. The molecule has 0 aliphatic carbocycles. The van der Waals surface area contributed by atoms with E-state index in [0.29, 0.717) is 11.3 Å². The van der Waals surface area contributed by atoms with Gasteiger partial charge in [-0.1, -0.05) is 18.2 Å². The SMILES string of the molecule is O=C1Nc2cc(SC(F)(F)F)ccc2OCc2ccccc21. The highest BCUT2D eigenvalue weighted by atomic mass is 32.2. The summed E-state index contributed by atoms with van der Waals surface area (Å²) in [6, 6.07) is 10.9. The Bertz CT molecular complexity index is 731. The van der Waals surface area contributed by atoms with E-state index in [0.717, 1.165) is 5.56 Å². The summed E-state index contributed by atoms with van der Waals surface area (Å²) in [5.41, 5.74) is -2.98. The van der Waals surface area contributed by atoms with E-state index in [-0.39, 0.29) is 34.9 Å². The zero-order chi connectivity index (χ0) is 15.7. The number of nitrogens with one attached hydrogen (secondary N) is 1. The molecule has 0 unspecified atom stereocenters. The third-order valence-corrected chi connectivity index (χ3v) is 3.80. The molecule has 22 heavy (non-hydrogen) atoms. The fourth-order valence-electron chi connectivity index (χ4n) is 2.14. The first-order valence-corrected chi connectivity index (χ1v) is 7.16. The van der Waals surface area contributed by atoms with Gasteiger partial charge in [0.05, 0.1) is 5.69 Å². The van der Waals surface area contributed by atoms with Crippen molar-refractivity contribution in [1.82, 2.24) is 0 Å². The van der Waals surface area contributed by atoms with Gasteiger partial charge in [0.1, 0.15) is 12.4 Å². The van der Waals surface area contributed by atoms with Gasteiger partial charge in [0, 0.05) is 16.0 Å². The van der Waals surface area contributed by atoms with Gasteiger partial charge in [-0.15, -0.1) is 0 Å². The van der Waals surface area contributed by atoms with Gasteiger partial charge in [-0.25, -0.2) is 0 Å². The second-order valence-electron chi connectivity index (χ2n) is 4.61. The van der Waals surface area contributed by atoms with Gasteiger partial charge in [-0.05, 0) is 36.0 Å². The number of ether oxygens (including phenoxy) is 1. The molecule has 0 aromatic heterocycles. The van der Waals surface area contributed by atoms with Gasteiger partial charge in [0.15, 0.2) is 0 Å². The Morgan fingerprint density at radius 1 is 1.14 bits per heavy atom. The van der Waals surface area contributed by atoms with Crippen LogP contribution in [0.3, 0.4) is 0 Å². The van der Waals surface area contributed by atoms with Crippen LogP contribution in [0.15, 0.2) is 47.4 Å². The average Bonchev–Trinajstić information content (AvgIpc) is 2.43. The van der Waals surface area contributed by atoms with Gasteiger partial charge in [0.2, 0.25) is 0 Å². The molecular formula is C15H10F3NO2S. The minimum Gasteiger partial charge on any atom is -0.487 e. The second kappa shape index (κ2) is 5.57. The van der Waals surface area contributed by atoms with Crippen molar-refractivity contribution in [1.29, 1.82) is 0 Å². The Balaban J connectivity index is 1.94. The molecule has 0 spiro atoms.